The molecule has 4 aromatic rings. The normalized spacial score (nSPS) is 17.0. The number of nitrogens with one attached hydrogen (secondary N) is 1. The monoisotopic (exact) mass is 365 g/mol. The fraction of sp³-hybridized carbons (Fsp3) is 0.333. The number of aryl methyl sites for hydroxylation is 1. The lowest BCUT2D eigenvalue weighted by Gasteiger charge is -2.14. The van der Waals surface area contributed by atoms with Crippen molar-refractivity contribution in [1.82, 2.24) is 34.5 Å². The minimum Gasteiger partial charge on any atom is -0.470 e. The predicted octanol–water partition coefficient (Wildman–Crippen LogP) is 1.64. The van der Waals surface area contributed by atoms with Gasteiger partial charge in [0, 0.05) is 38.5 Å². The van der Waals surface area contributed by atoms with Crippen molar-refractivity contribution < 1.29 is 9.47 Å². The van der Waals surface area contributed by atoms with Crippen molar-refractivity contribution in [3.8, 4) is 11.6 Å². The molecule has 0 amide bonds. The second-order valence-corrected chi connectivity index (χ2v) is 6.62. The highest BCUT2D eigenvalue weighted by Gasteiger charge is 2.22. The Bertz CT molecular complexity index is 1060. The van der Waals surface area contributed by atoms with Gasteiger partial charge in [0.25, 0.3) is 0 Å². The standard InChI is InChI=1S/C18H19N7O2/c1-24-10-13(9-21-24)25-4-2-15-17(25)18(27-14-3-5-26-11-14)23-16(22-15)6-12-7-19-20-8-12/h2,4,7-10,14H,3,5-6,11H2,1H3,(H,19,20)/t14-/m0/s1. The molecular weight excluding hydrogens is 346 g/mol. The van der Waals surface area contributed by atoms with Crippen LogP contribution in [0.3, 0.4) is 0 Å². The average molecular weight is 365 g/mol. The third-order valence-electron chi connectivity index (χ3n) is 4.60. The molecule has 0 aromatic carbocycles. The lowest BCUT2D eigenvalue weighted by Crippen LogP contribution is -2.18. The number of fused-ring (bicyclic) bond motifs is 1. The average Bonchev–Trinajstić information content (AvgIpc) is 3.41. The summed E-state index contributed by atoms with van der Waals surface area (Å²) in [7, 11) is 1.89. The molecule has 1 atom stereocenters. The van der Waals surface area contributed by atoms with E-state index < -0.39 is 0 Å². The highest BCUT2D eigenvalue weighted by molar-refractivity contribution is 5.82. The number of hydrogen-bond donors (Lipinski definition) is 1. The first kappa shape index (κ1) is 16.0. The molecule has 1 saturated heterocycles. The van der Waals surface area contributed by atoms with E-state index in [4.69, 9.17) is 19.4 Å². The van der Waals surface area contributed by atoms with E-state index in [2.05, 4.69) is 15.3 Å². The van der Waals surface area contributed by atoms with E-state index in [0.717, 1.165) is 28.7 Å². The number of ether oxygens (including phenoxy) is 2. The number of H-pyrrole nitrogens is 1. The van der Waals surface area contributed by atoms with Crippen molar-refractivity contribution >= 4 is 11.0 Å². The van der Waals surface area contributed by atoms with Crippen LogP contribution in [0.4, 0.5) is 0 Å². The first-order valence-electron chi connectivity index (χ1n) is 8.85. The second kappa shape index (κ2) is 6.51. The van der Waals surface area contributed by atoms with Gasteiger partial charge in [-0.15, -0.1) is 0 Å². The molecule has 0 aliphatic carbocycles. The summed E-state index contributed by atoms with van der Waals surface area (Å²) >= 11 is 0. The molecule has 1 fully saturated rings. The molecule has 5 rings (SSSR count). The van der Waals surface area contributed by atoms with Gasteiger partial charge in [-0.05, 0) is 11.6 Å². The smallest absolute Gasteiger partial charge is 0.242 e. The first-order chi connectivity index (χ1) is 13.3. The van der Waals surface area contributed by atoms with E-state index in [9.17, 15) is 0 Å². The molecule has 1 N–H and O–H groups in total. The zero-order chi connectivity index (χ0) is 18.2. The van der Waals surface area contributed by atoms with Gasteiger partial charge in [-0.25, -0.2) is 4.98 Å². The fourth-order valence-electron chi connectivity index (χ4n) is 3.29. The number of rotatable bonds is 5. The number of hydrogen-bond acceptors (Lipinski definition) is 6. The quantitative estimate of drug-likeness (QED) is 0.578. The van der Waals surface area contributed by atoms with Crippen LogP contribution in [0, 0.1) is 0 Å². The Morgan fingerprint density at radius 3 is 3.04 bits per heavy atom. The lowest BCUT2D eigenvalue weighted by molar-refractivity contribution is 0.139. The van der Waals surface area contributed by atoms with Crippen molar-refractivity contribution in [3.63, 3.8) is 0 Å². The third kappa shape index (κ3) is 3.06. The molecule has 0 unspecified atom stereocenters. The van der Waals surface area contributed by atoms with Crippen LogP contribution in [0.25, 0.3) is 16.7 Å². The Morgan fingerprint density at radius 1 is 1.33 bits per heavy atom. The summed E-state index contributed by atoms with van der Waals surface area (Å²) in [5, 5.41) is 11.1. The Labute approximate surface area is 155 Å². The van der Waals surface area contributed by atoms with Crippen LogP contribution < -0.4 is 4.74 Å². The van der Waals surface area contributed by atoms with Gasteiger partial charge < -0.3 is 14.0 Å². The molecule has 9 nitrogen and oxygen atoms in total. The molecule has 5 heterocycles. The van der Waals surface area contributed by atoms with Gasteiger partial charge in [0.05, 0.1) is 36.8 Å². The van der Waals surface area contributed by atoms with Crippen molar-refractivity contribution in [2.24, 2.45) is 7.05 Å². The summed E-state index contributed by atoms with van der Waals surface area (Å²) in [6.07, 6.45) is 10.8. The molecule has 1 aliphatic rings. The van der Waals surface area contributed by atoms with Gasteiger partial charge >= 0.3 is 0 Å². The van der Waals surface area contributed by atoms with E-state index in [-0.39, 0.29) is 6.10 Å². The Kier molecular flexibility index (Phi) is 3.86. The summed E-state index contributed by atoms with van der Waals surface area (Å²) in [6.45, 7) is 1.29. The van der Waals surface area contributed by atoms with E-state index in [1.165, 1.54) is 0 Å². The number of aromatic nitrogens is 7. The zero-order valence-electron chi connectivity index (χ0n) is 14.9. The molecule has 0 saturated carbocycles. The summed E-state index contributed by atoms with van der Waals surface area (Å²) in [6, 6.07) is 1.97. The maximum absolute atomic E-state index is 6.23. The largest absolute Gasteiger partial charge is 0.470 e. The van der Waals surface area contributed by atoms with Crippen LogP contribution in [0.15, 0.2) is 37.1 Å². The number of nitrogens with zero attached hydrogens (tertiary/aromatic N) is 6. The SMILES string of the molecule is Cn1cc(-n2ccc3nc(Cc4cn[nH]c4)nc(O[C@H]4CCOC4)c32)cn1. The topological polar surface area (TPSA) is 95.7 Å². The maximum Gasteiger partial charge on any atom is 0.242 e. The molecule has 9 heteroatoms. The van der Waals surface area contributed by atoms with Crippen LogP contribution >= 0.6 is 0 Å². The predicted molar refractivity (Wildman–Crippen MR) is 96.9 cm³/mol. The summed E-state index contributed by atoms with van der Waals surface area (Å²) < 4.78 is 15.5. The van der Waals surface area contributed by atoms with Gasteiger partial charge in [0.15, 0.2) is 0 Å². The van der Waals surface area contributed by atoms with E-state index in [0.29, 0.717) is 31.3 Å². The van der Waals surface area contributed by atoms with Crippen molar-refractivity contribution in [3.05, 3.63) is 48.4 Å². The zero-order valence-corrected chi connectivity index (χ0v) is 14.9. The summed E-state index contributed by atoms with van der Waals surface area (Å²) in [5.41, 5.74) is 3.63. The van der Waals surface area contributed by atoms with Gasteiger partial charge in [-0.3, -0.25) is 9.78 Å². The number of aromatic amines is 1. The molecule has 0 spiro atoms. The van der Waals surface area contributed by atoms with Crippen molar-refractivity contribution in [2.75, 3.05) is 13.2 Å². The molecule has 138 valence electrons. The first-order valence-corrected chi connectivity index (χ1v) is 8.85. The summed E-state index contributed by atoms with van der Waals surface area (Å²) in [5.74, 6) is 1.27. The Balaban J connectivity index is 1.61. The van der Waals surface area contributed by atoms with Gasteiger partial charge in [0.2, 0.25) is 5.88 Å². The van der Waals surface area contributed by atoms with Crippen LogP contribution in [0.5, 0.6) is 5.88 Å². The van der Waals surface area contributed by atoms with Crippen LogP contribution in [-0.4, -0.2) is 53.8 Å². The Morgan fingerprint density at radius 2 is 2.30 bits per heavy atom. The van der Waals surface area contributed by atoms with E-state index in [1.54, 1.807) is 17.1 Å². The minimum absolute atomic E-state index is 0.00197. The van der Waals surface area contributed by atoms with Crippen LogP contribution in [0.1, 0.15) is 17.8 Å². The molecule has 4 aromatic heterocycles. The lowest BCUT2D eigenvalue weighted by atomic mass is 10.2. The Hall–Kier alpha value is -3.20. The molecule has 27 heavy (non-hydrogen) atoms. The van der Waals surface area contributed by atoms with Crippen LogP contribution in [0.2, 0.25) is 0 Å². The summed E-state index contributed by atoms with van der Waals surface area (Å²) in [4.78, 5) is 9.45. The van der Waals surface area contributed by atoms with Crippen molar-refractivity contribution in [2.45, 2.75) is 18.9 Å². The van der Waals surface area contributed by atoms with Gasteiger partial charge in [0.1, 0.15) is 17.4 Å². The molecular formula is C18H19N7O2. The second-order valence-electron chi connectivity index (χ2n) is 6.62. The van der Waals surface area contributed by atoms with Crippen molar-refractivity contribution in [1.29, 1.82) is 0 Å². The highest BCUT2D eigenvalue weighted by atomic mass is 16.5. The van der Waals surface area contributed by atoms with E-state index in [1.807, 2.05) is 36.3 Å². The molecule has 1 aliphatic heterocycles. The van der Waals surface area contributed by atoms with Gasteiger partial charge in [-0.1, -0.05) is 0 Å². The van der Waals surface area contributed by atoms with Crippen LogP contribution in [-0.2, 0) is 18.2 Å². The maximum atomic E-state index is 6.23. The van der Waals surface area contributed by atoms with E-state index >= 15 is 0 Å². The highest BCUT2D eigenvalue weighted by Crippen LogP contribution is 2.29. The fourth-order valence-corrected chi connectivity index (χ4v) is 3.29. The minimum atomic E-state index is 0.00197. The molecule has 0 radical (unpaired) electrons. The van der Waals surface area contributed by atoms with Gasteiger partial charge in [-0.2, -0.15) is 15.2 Å². The third-order valence-corrected chi connectivity index (χ3v) is 4.60. The molecule has 0 bridgehead atoms.